The Bertz CT molecular complexity index is 1010. The van der Waals surface area contributed by atoms with Crippen LogP contribution >= 0.6 is 0 Å². The molecule has 2 saturated carbocycles. The molecule has 1 saturated heterocycles. The van der Waals surface area contributed by atoms with Gasteiger partial charge in [-0.25, -0.2) is 4.52 Å². The lowest BCUT2D eigenvalue weighted by atomic mass is 10.3. The van der Waals surface area contributed by atoms with E-state index < -0.39 is 0 Å². The smallest absolute Gasteiger partial charge is 0.245 e. The number of rotatable bonds is 6. The Labute approximate surface area is 195 Å². The first-order valence-electron chi connectivity index (χ1n) is 12.4. The number of carbonyl (C=O) groups is 1. The van der Waals surface area contributed by atoms with Crippen LogP contribution in [0.15, 0.2) is 24.4 Å². The first kappa shape index (κ1) is 23.1. The van der Waals surface area contributed by atoms with Crippen LogP contribution in [0.5, 0.6) is 0 Å². The molecule has 2 aliphatic carbocycles. The van der Waals surface area contributed by atoms with Gasteiger partial charge >= 0.3 is 0 Å². The van der Waals surface area contributed by atoms with E-state index in [1.807, 2.05) is 36.7 Å². The molecule has 33 heavy (non-hydrogen) atoms. The Morgan fingerprint density at radius 1 is 1.09 bits per heavy atom. The van der Waals surface area contributed by atoms with Crippen molar-refractivity contribution in [3.63, 3.8) is 0 Å². The molecule has 0 spiro atoms. The van der Waals surface area contributed by atoms with Gasteiger partial charge in [-0.3, -0.25) is 9.89 Å². The first-order chi connectivity index (χ1) is 16.3. The topological polar surface area (TPSA) is 103 Å². The van der Waals surface area contributed by atoms with Gasteiger partial charge in [-0.2, -0.15) is 10.1 Å². The molecular weight excluding hydrogens is 416 g/mol. The zero-order valence-corrected chi connectivity index (χ0v) is 19.8. The third-order valence-electron chi connectivity index (χ3n) is 6.29. The van der Waals surface area contributed by atoms with Crippen molar-refractivity contribution in [2.45, 2.75) is 77.2 Å². The summed E-state index contributed by atoms with van der Waals surface area (Å²) >= 11 is 0. The zero-order chi connectivity index (χ0) is 23.0. The van der Waals surface area contributed by atoms with E-state index in [1.165, 1.54) is 57.1 Å². The molecule has 0 unspecified atom stereocenters. The molecule has 0 bridgehead atoms. The third-order valence-corrected chi connectivity index (χ3v) is 6.29. The second-order valence-corrected chi connectivity index (χ2v) is 8.67. The average molecular weight is 453 g/mol. The van der Waals surface area contributed by atoms with E-state index in [4.69, 9.17) is 4.98 Å². The van der Waals surface area contributed by atoms with Crippen LogP contribution in [-0.4, -0.2) is 50.3 Å². The van der Waals surface area contributed by atoms with Crippen LogP contribution in [0.4, 0.5) is 17.6 Å². The molecule has 178 valence electrons. The highest BCUT2D eigenvalue weighted by Crippen LogP contribution is 2.39. The lowest BCUT2D eigenvalue weighted by molar-refractivity contribution is -0.110. The minimum absolute atomic E-state index is 0.493. The summed E-state index contributed by atoms with van der Waals surface area (Å²) in [6, 6.07) is 6.59. The molecule has 4 heterocycles. The van der Waals surface area contributed by atoms with Crippen molar-refractivity contribution < 1.29 is 4.79 Å². The molecule has 3 N–H and O–H groups in total. The molecule has 9 nitrogen and oxygen atoms in total. The van der Waals surface area contributed by atoms with Crippen LogP contribution < -0.4 is 15.5 Å². The average Bonchev–Trinajstić information content (AvgIpc) is 3.37. The van der Waals surface area contributed by atoms with Gasteiger partial charge in [0.15, 0.2) is 11.6 Å². The highest BCUT2D eigenvalue weighted by molar-refractivity contribution is 5.73. The van der Waals surface area contributed by atoms with Gasteiger partial charge in [0.05, 0.1) is 0 Å². The van der Waals surface area contributed by atoms with Gasteiger partial charge < -0.3 is 15.5 Å². The van der Waals surface area contributed by atoms with Gasteiger partial charge in [-0.15, -0.1) is 5.10 Å². The van der Waals surface area contributed by atoms with Crippen molar-refractivity contribution in [2.75, 3.05) is 23.3 Å². The molecular formula is C24H36N8O. The Balaban J connectivity index is 0.000000220. The van der Waals surface area contributed by atoms with Gasteiger partial charge in [0.1, 0.15) is 5.52 Å². The summed E-state index contributed by atoms with van der Waals surface area (Å²) in [5.74, 6) is 3.07. The predicted octanol–water partition coefficient (Wildman–Crippen LogP) is 4.37. The van der Waals surface area contributed by atoms with Crippen molar-refractivity contribution in [1.29, 1.82) is 0 Å². The fraction of sp³-hybridized carbons (Fsp3) is 0.583. The molecule has 3 aliphatic rings. The molecule has 0 aromatic carbocycles. The Morgan fingerprint density at radius 3 is 2.55 bits per heavy atom. The Hall–Kier alpha value is -3.10. The van der Waals surface area contributed by atoms with E-state index in [1.54, 1.807) is 0 Å². The fourth-order valence-corrected chi connectivity index (χ4v) is 4.38. The Kier molecular flexibility index (Phi) is 7.80. The minimum atomic E-state index is 0.493. The van der Waals surface area contributed by atoms with Crippen LogP contribution in [0.1, 0.15) is 76.8 Å². The SMILES string of the molecule is CC.O=CNC1CCCC1.c1cc2c(Nc3cc(C4CC4)[nH]n3)nc(N3CCCC3)nn2c1. The van der Waals surface area contributed by atoms with E-state index in [0.717, 1.165) is 42.6 Å². The number of hydrogen-bond acceptors (Lipinski definition) is 6. The summed E-state index contributed by atoms with van der Waals surface area (Å²) < 4.78 is 1.89. The van der Waals surface area contributed by atoms with Gasteiger partial charge in [-0.05, 0) is 50.7 Å². The minimum Gasteiger partial charge on any atom is -0.356 e. The van der Waals surface area contributed by atoms with Crippen LogP contribution in [-0.2, 0) is 4.79 Å². The summed E-state index contributed by atoms with van der Waals surface area (Å²) in [6.07, 6.45) is 12.6. The highest BCUT2D eigenvalue weighted by atomic mass is 16.1. The number of fused-ring (bicyclic) bond motifs is 1. The number of carbonyl (C=O) groups excluding carboxylic acids is 1. The van der Waals surface area contributed by atoms with Crippen molar-refractivity contribution in [3.05, 3.63) is 30.1 Å². The standard InChI is InChI=1S/C16H19N7.C6H11NO.C2H6/c1-2-8-22(7-1)16-18-15(13-4-3-9-23(13)21-16)17-14-10-12(19-20-14)11-5-6-11;8-5-7-6-3-1-2-4-6;1-2/h3-4,9-11H,1-2,5-8H2,(H2,17,18,19,20,21);5-6H,1-4H2,(H,7,8);1-2H3. The van der Waals surface area contributed by atoms with Gasteiger partial charge in [-0.1, -0.05) is 26.7 Å². The number of hydrogen-bond donors (Lipinski definition) is 3. The number of aromatic nitrogens is 5. The molecule has 3 aromatic rings. The third kappa shape index (κ3) is 5.83. The maximum Gasteiger partial charge on any atom is 0.245 e. The van der Waals surface area contributed by atoms with Crippen molar-refractivity contribution in [2.24, 2.45) is 0 Å². The molecule has 0 atom stereocenters. The maximum absolute atomic E-state index is 9.85. The number of nitrogens with zero attached hydrogens (tertiary/aromatic N) is 5. The molecule has 1 aliphatic heterocycles. The van der Waals surface area contributed by atoms with E-state index in [9.17, 15) is 4.79 Å². The van der Waals surface area contributed by atoms with E-state index in [0.29, 0.717) is 12.0 Å². The summed E-state index contributed by atoms with van der Waals surface area (Å²) in [5.41, 5.74) is 2.18. The molecule has 3 fully saturated rings. The van der Waals surface area contributed by atoms with Crippen LogP contribution in [0, 0.1) is 0 Å². The van der Waals surface area contributed by atoms with Crippen molar-refractivity contribution in [1.82, 2.24) is 30.1 Å². The van der Waals surface area contributed by atoms with Gasteiger partial charge in [0, 0.05) is 43.0 Å². The van der Waals surface area contributed by atoms with Crippen molar-refractivity contribution in [3.8, 4) is 0 Å². The molecule has 3 aromatic heterocycles. The summed E-state index contributed by atoms with van der Waals surface area (Å²) in [4.78, 5) is 16.8. The number of H-pyrrole nitrogens is 1. The largest absolute Gasteiger partial charge is 0.356 e. The molecule has 6 rings (SSSR count). The quantitative estimate of drug-likeness (QED) is 0.480. The van der Waals surface area contributed by atoms with Gasteiger partial charge in [0.2, 0.25) is 12.4 Å². The second kappa shape index (κ2) is 11.2. The summed E-state index contributed by atoms with van der Waals surface area (Å²) in [7, 11) is 0. The number of amides is 1. The second-order valence-electron chi connectivity index (χ2n) is 8.67. The normalized spacial score (nSPS) is 17.8. The van der Waals surface area contributed by atoms with E-state index in [-0.39, 0.29) is 0 Å². The van der Waals surface area contributed by atoms with E-state index in [2.05, 4.69) is 36.9 Å². The molecule has 1 amide bonds. The van der Waals surface area contributed by atoms with Crippen LogP contribution in [0.3, 0.4) is 0 Å². The molecule has 0 radical (unpaired) electrons. The fourth-order valence-electron chi connectivity index (χ4n) is 4.38. The zero-order valence-electron chi connectivity index (χ0n) is 19.8. The van der Waals surface area contributed by atoms with Crippen LogP contribution in [0.2, 0.25) is 0 Å². The molecule has 9 heteroatoms. The maximum atomic E-state index is 9.85. The first-order valence-corrected chi connectivity index (χ1v) is 12.4. The van der Waals surface area contributed by atoms with Crippen molar-refractivity contribution >= 4 is 29.5 Å². The lowest BCUT2D eigenvalue weighted by Gasteiger charge is -2.16. The summed E-state index contributed by atoms with van der Waals surface area (Å²) in [6.45, 7) is 6.06. The van der Waals surface area contributed by atoms with E-state index >= 15 is 0 Å². The number of aromatic amines is 1. The predicted molar refractivity (Wildman–Crippen MR) is 131 cm³/mol. The Morgan fingerprint density at radius 2 is 1.85 bits per heavy atom. The number of nitrogens with one attached hydrogen (secondary N) is 3. The monoisotopic (exact) mass is 452 g/mol. The van der Waals surface area contributed by atoms with Gasteiger partial charge in [0.25, 0.3) is 0 Å². The number of anilines is 3. The lowest BCUT2D eigenvalue weighted by Crippen LogP contribution is -2.23. The highest BCUT2D eigenvalue weighted by Gasteiger charge is 2.26. The van der Waals surface area contributed by atoms with Crippen LogP contribution in [0.25, 0.3) is 5.52 Å². The summed E-state index contributed by atoms with van der Waals surface area (Å²) in [5, 5.41) is 18.2.